The Morgan fingerprint density at radius 1 is 0.604 bits per heavy atom. The number of H-pyrrole nitrogens is 4. The number of nitrogens with one attached hydrogen (secondary N) is 4. The second kappa shape index (κ2) is 14.6. The largest absolute Gasteiger partial charge is 0.355 e. The molecule has 1 aliphatic heterocycles. The Labute approximate surface area is 287 Å². The van der Waals surface area contributed by atoms with Crippen LogP contribution in [0.2, 0.25) is 0 Å². The molecule has 13 heteroatoms. The van der Waals surface area contributed by atoms with E-state index in [2.05, 4.69) is 78.3 Å². The van der Waals surface area contributed by atoms with Crippen LogP contribution in [0.15, 0.2) is 77.3 Å². The summed E-state index contributed by atoms with van der Waals surface area (Å²) in [5, 5.41) is 3.68. The van der Waals surface area contributed by atoms with Crippen molar-refractivity contribution >= 4 is 54.4 Å². The number of hydrogen-bond donors (Lipinski definition) is 4. The maximum absolute atomic E-state index is 13.3. The zero-order valence-corrected chi connectivity index (χ0v) is 30.6. The van der Waals surface area contributed by atoms with Gasteiger partial charge in [-0.25, -0.2) is 0 Å². The molecule has 0 unspecified atom stereocenters. The van der Waals surface area contributed by atoms with Crippen LogP contribution < -0.4 is 21.4 Å². The highest BCUT2D eigenvalue weighted by Crippen LogP contribution is 2.51. The van der Waals surface area contributed by atoms with Crippen LogP contribution in [-0.4, -0.2) is 60.7 Å². The van der Waals surface area contributed by atoms with Gasteiger partial charge in [0.25, 0.3) is 0 Å². The molecule has 0 aliphatic carbocycles. The molecular weight excluding hydrogens is 714 g/mol. The molecule has 1 aromatic carbocycles. The number of rotatable bonds is 12. The van der Waals surface area contributed by atoms with E-state index >= 15 is 0 Å². The zero-order valence-electron chi connectivity index (χ0n) is 27.2. The highest BCUT2D eigenvalue weighted by Gasteiger charge is 2.30. The summed E-state index contributed by atoms with van der Waals surface area (Å²) >= 11 is 3.58. The number of aromatic nitrogens is 4. The van der Waals surface area contributed by atoms with Crippen molar-refractivity contribution in [3.63, 3.8) is 0 Å². The number of hydrogen-bond acceptors (Lipinski definition) is 6. The van der Waals surface area contributed by atoms with Crippen molar-refractivity contribution in [3.05, 3.63) is 127 Å². The maximum Gasteiger partial charge on any atom is 0.330 e. The van der Waals surface area contributed by atoms with Gasteiger partial charge in [-0.2, -0.15) is 0 Å². The lowest BCUT2D eigenvalue weighted by atomic mass is 9.91. The van der Waals surface area contributed by atoms with E-state index in [4.69, 9.17) is 18.1 Å². The summed E-state index contributed by atoms with van der Waals surface area (Å²) in [6.07, 6.45) is 5.30. The van der Waals surface area contributed by atoms with E-state index in [0.29, 0.717) is 12.8 Å². The Balaban J connectivity index is 1.63. The minimum atomic E-state index is -3.35. The molecule has 1 aliphatic rings. The molecule has 8 bridgehead atoms. The van der Waals surface area contributed by atoms with Gasteiger partial charge >= 0.3 is 15.2 Å². The topological polar surface area (TPSA) is 134 Å². The lowest BCUT2D eigenvalue weighted by Gasteiger charge is -2.23. The van der Waals surface area contributed by atoms with Gasteiger partial charge in [-0.1, -0.05) is 28.1 Å². The van der Waals surface area contributed by atoms with Crippen LogP contribution in [0.1, 0.15) is 41.2 Å². The van der Waals surface area contributed by atoms with Gasteiger partial charge in [-0.05, 0) is 97.1 Å². The number of aromatic amines is 4. The summed E-state index contributed by atoms with van der Waals surface area (Å²) in [5.74, 6) is -0.251. The van der Waals surface area contributed by atoms with Gasteiger partial charge in [0.15, 0.2) is 0 Å². The van der Waals surface area contributed by atoms with E-state index in [1.54, 1.807) is 0 Å². The van der Waals surface area contributed by atoms with E-state index in [0.717, 1.165) is 65.4 Å². The molecule has 0 spiro atoms. The molecule has 10 nitrogen and oxygen atoms in total. The smallest absolute Gasteiger partial charge is 0.330 e. The average Bonchev–Trinajstić information content (AvgIpc) is 3.93. The summed E-state index contributed by atoms with van der Waals surface area (Å²) in [5.41, 5.74) is 6.64. The fraction of sp³-hybridized carbons (Fsp3) is 0.257. The minimum Gasteiger partial charge on any atom is -0.355 e. The molecule has 0 atom stereocenters. The molecule has 0 radical (unpaired) electrons. The van der Waals surface area contributed by atoms with Crippen LogP contribution in [0.25, 0.3) is 23.3 Å². The molecule has 4 N–H and O–H groups in total. The first-order valence-electron chi connectivity index (χ1n) is 15.5. The van der Waals surface area contributed by atoms with Gasteiger partial charge < -0.3 is 38.0 Å². The maximum atomic E-state index is 13.3. The van der Waals surface area contributed by atoms with Crippen LogP contribution in [0.3, 0.4) is 0 Å². The third-order valence-electron chi connectivity index (χ3n) is 8.73. The van der Waals surface area contributed by atoms with Crippen molar-refractivity contribution in [1.29, 1.82) is 0 Å². The van der Waals surface area contributed by atoms with Crippen molar-refractivity contribution in [2.24, 2.45) is 5.92 Å². The summed E-state index contributed by atoms with van der Waals surface area (Å²) < 4.78 is 48.8. The molecule has 5 aromatic rings. The van der Waals surface area contributed by atoms with Crippen molar-refractivity contribution in [1.82, 2.24) is 19.9 Å². The number of fused-ring (bicyclic) bond motifs is 8. The predicted octanol–water partition coefficient (Wildman–Crippen LogP) is 5.55. The van der Waals surface area contributed by atoms with Gasteiger partial charge in [0.05, 0.1) is 12.3 Å². The van der Waals surface area contributed by atoms with Crippen LogP contribution >= 0.6 is 31.1 Å². The van der Waals surface area contributed by atoms with Crippen molar-refractivity contribution in [3.8, 4) is 0 Å². The average molecular weight is 754 g/mol. The summed E-state index contributed by atoms with van der Waals surface area (Å²) in [4.78, 5) is 14.4. The minimum absolute atomic E-state index is 0.162. The van der Waals surface area contributed by atoms with Gasteiger partial charge in [-0.15, -0.1) is 0 Å². The fourth-order valence-electron chi connectivity index (χ4n) is 6.16. The molecule has 4 aromatic heterocycles. The third kappa shape index (κ3) is 7.58. The normalized spacial score (nSPS) is 13.5. The molecule has 5 heterocycles. The molecule has 0 saturated heterocycles. The monoisotopic (exact) mass is 752 g/mol. The van der Waals surface area contributed by atoms with E-state index in [1.807, 2.05) is 42.5 Å². The first-order chi connectivity index (χ1) is 23.1. The Morgan fingerprint density at radius 2 is 1.12 bits per heavy atom. The summed E-state index contributed by atoms with van der Waals surface area (Å²) in [6.45, 7) is 0. The standard InChI is InChI=1S/C35H39BrN4O6P2/c1-43-47(41,44-2)19-17-24(18-20-48(42,45-3)46-4)35-31-14-12-29(39-31)22-27-10-9-26(37-27)21-28-11-13-30(38-28)34(32-15-16-33(35)40-32)23-5-7-25(36)8-6-23/h5-16,21-22,24,37-40H,17-20H2,1-4H3. The highest BCUT2D eigenvalue weighted by atomic mass is 79.9. The van der Waals surface area contributed by atoms with Crippen LogP contribution in [-0.2, 0) is 27.2 Å². The zero-order chi connectivity index (χ0) is 33.9. The van der Waals surface area contributed by atoms with Gasteiger partial charge in [0.2, 0.25) is 0 Å². The SMILES string of the molecule is COP(=O)(CCC(CCP(=O)(OC)OC)C1=c2ccc([nH]2)=C(c2ccc(Br)cc2)c2ccc([nH]2)C=c2ccc([nH]2)=Cc2ccc1[nH]2)OC. The molecule has 48 heavy (non-hydrogen) atoms. The van der Waals surface area contributed by atoms with E-state index in [-0.39, 0.29) is 18.2 Å². The second-order valence-corrected chi connectivity index (χ2v) is 17.3. The van der Waals surface area contributed by atoms with E-state index in [9.17, 15) is 9.13 Å². The Morgan fingerprint density at radius 3 is 1.69 bits per heavy atom. The van der Waals surface area contributed by atoms with Crippen molar-refractivity contribution < 1.29 is 27.2 Å². The first-order valence-corrected chi connectivity index (χ1v) is 19.8. The van der Waals surface area contributed by atoms with Crippen LogP contribution in [0.5, 0.6) is 0 Å². The molecular formula is C35H39BrN4O6P2. The molecule has 0 amide bonds. The lowest BCUT2D eigenvalue weighted by Crippen LogP contribution is -2.22. The van der Waals surface area contributed by atoms with E-state index in [1.165, 1.54) is 28.4 Å². The Bertz CT molecular complexity index is 2200. The van der Waals surface area contributed by atoms with Crippen molar-refractivity contribution in [2.45, 2.75) is 12.8 Å². The Kier molecular flexibility index (Phi) is 10.5. The summed E-state index contributed by atoms with van der Waals surface area (Å²) in [7, 11) is -1.13. The Hall–Kier alpha value is -3.40. The van der Waals surface area contributed by atoms with E-state index < -0.39 is 15.2 Å². The quantitative estimate of drug-likeness (QED) is 0.124. The van der Waals surface area contributed by atoms with Gasteiger partial charge in [0.1, 0.15) is 0 Å². The number of benzene rings is 1. The van der Waals surface area contributed by atoms with Crippen LogP contribution in [0, 0.1) is 5.92 Å². The lowest BCUT2D eigenvalue weighted by molar-refractivity contribution is 0.271. The van der Waals surface area contributed by atoms with Gasteiger partial charge in [-0.3, -0.25) is 9.13 Å². The summed E-state index contributed by atoms with van der Waals surface area (Å²) in [6, 6.07) is 24.7. The first kappa shape index (κ1) is 34.5. The molecule has 0 saturated carbocycles. The van der Waals surface area contributed by atoms with Crippen molar-refractivity contribution in [2.75, 3.05) is 40.8 Å². The third-order valence-corrected chi connectivity index (χ3v) is 13.1. The molecule has 0 fully saturated rings. The number of halogens is 1. The molecule has 252 valence electrons. The fourth-order valence-corrected chi connectivity index (χ4v) is 8.71. The second-order valence-electron chi connectivity index (χ2n) is 11.6. The molecule has 6 rings (SSSR count). The predicted molar refractivity (Wildman–Crippen MR) is 193 cm³/mol. The highest BCUT2D eigenvalue weighted by molar-refractivity contribution is 9.10. The van der Waals surface area contributed by atoms with Crippen LogP contribution in [0.4, 0.5) is 0 Å². The van der Waals surface area contributed by atoms with Gasteiger partial charge in [0, 0.05) is 88.2 Å².